The van der Waals surface area contributed by atoms with E-state index in [-0.39, 0.29) is 23.3 Å². The van der Waals surface area contributed by atoms with Gasteiger partial charge in [-0.1, -0.05) is 12.1 Å². The maximum absolute atomic E-state index is 13.4. The Kier molecular flexibility index (Phi) is 4.93. The zero-order chi connectivity index (χ0) is 16.1. The Morgan fingerprint density at radius 2 is 2.09 bits per heavy atom. The van der Waals surface area contributed by atoms with Gasteiger partial charge in [-0.05, 0) is 31.0 Å². The number of hydrogen-bond acceptors (Lipinski definition) is 5. The minimum Gasteiger partial charge on any atom is -0.411 e. The van der Waals surface area contributed by atoms with Gasteiger partial charge in [-0.25, -0.2) is 4.39 Å². The molecule has 2 rings (SSSR count). The van der Waals surface area contributed by atoms with E-state index in [1.165, 1.54) is 6.20 Å². The molecule has 1 N–H and O–H groups in total. The molecule has 6 heteroatoms. The zero-order valence-electron chi connectivity index (χ0n) is 12.4. The first-order valence-corrected chi connectivity index (χ1v) is 6.86. The molecule has 114 valence electrons. The van der Waals surface area contributed by atoms with Gasteiger partial charge >= 0.3 is 0 Å². The van der Waals surface area contributed by atoms with Crippen LogP contribution in [-0.2, 0) is 6.42 Å². The van der Waals surface area contributed by atoms with Crippen molar-refractivity contribution in [3.05, 3.63) is 58.9 Å². The van der Waals surface area contributed by atoms with Crippen LogP contribution in [0.1, 0.15) is 40.5 Å². The number of nitrogens with zero attached hydrogens (tertiary/aromatic N) is 3. The third kappa shape index (κ3) is 3.33. The van der Waals surface area contributed by atoms with Crippen molar-refractivity contribution in [3.8, 4) is 0 Å². The van der Waals surface area contributed by atoms with Crippen molar-refractivity contribution >= 4 is 11.5 Å². The van der Waals surface area contributed by atoms with Crippen molar-refractivity contribution in [2.24, 2.45) is 5.16 Å². The van der Waals surface area contributed by atoms with E-state index < -0.39 is 5.82 Å². The predicted molar refractivity (Wildman–Crippen MR) is 79.8 cm³/mol. The predicted octanol–water partition coefficient (Wildman–Crippen LogP) is 2.94. The highest BCUT2D eigenvalue weighted by atomic mass is 19.1. The highest BCUT2D eigenvalue weighted by molar-refractivity contribution is 6.00. The summed E-state index contributed by atoms with van der Waals surface area (Å²) in [6, 6.07) is 3.43. The number of rotatable bonds is 5. The largest absolute Gasteiger partial charge is 0.411 e. The molecule has 0 aromatic carbocycles. The summed E-state index contributed by atoms with van der Waals surface area (Å²) in [5, 5.41) is 12.1. The summed E-state index contributed by atoms with van der Waals surface area (Å²) < 4.78 is 13.4. The van der Waals surface area contributed by atoms with E-state index in [1.54, 1.807) is 25.3 Å². The molecule has 0 spiro atoms. The average molecular weight is 301 g/mol. The van der Waals surface area contributed by atoms with Gasteiger partial charge in [-0.2, -0.15) is 0 Å². The Labute approximate surface area is 127 Å². The summed E-state index contributed by atoms with van der Waals surface area (Å²) in [6.45, 7) is 3.41. The summed E-state index contributed by atoms with van der Waals surface area (Å²) in [4.78, 5) is 20.1. The summed E-state index contributed by atoms with van der Waals surface area (Å²) >= 11 is 0. The monoisotopic (exact) mass is 301 g/mol. The van der Waals surface area contributed by atoms with Crippen molar-refractivity contribution in [2.45, 2.75) is 26.7 Å². The Hall–Kier alpha value is -2.63. The van der Waals surface area contributed by atoms with Gasteiger partial charge in [0.15, 0.2) is 5.78 Å². The highest BCUT2D eigenvalue weighted by Crippen LogP contribution is 2.13. The lowest BCUT2D eigenvalue weighted by molar-refractivity contribution is 0.0990. The fraction of sp³-hybridized carbons (Fsp3) is 0.250. The van der Waals surface area contributed by atoms with E-state index in [1.807, 2.05) is 6.92 Å². The molecule has 0 bridgehead atoms. The fourth-order valence-corrected chi connectivity index (χ4v) is 2.07. The van der Waals surface area contributed by atoms with Crippen LogP contribution in [0.25, 0.3) is 0 Å². The van der Waals surface area contributed by atoms with Crippen LogP contribution < -0.4 is 0 Å². The molecule has 0 radical (unpaired) electrons. The maximum Gasteiger partial charge on any atom is 0.170 e. The molecule has 0 unspecified atom stereocenters. The summed E-state index contributed by atoms with van der Waals surface area (Å²) in [5.74, 6) is -0.739. The second-order valence-electron chi connectivity index (χ2n) is 4.83. The number of pyridine rings is 2. The zero-order valence-corrected chi connectivity index (χ0v) is 12.4. The molecule has 22 heavy (non-hydrogen) atoms. The van der Waals surface area contributed by atoms with Crippen molar-refractivity contribution in [3.63, 3.8) is 0 Å². The van der Waals surface area contributed by atoms with Gasteiger partial charge in [0.2, 0.25) is 0 Å². The van der Waals surface area contributed by atoms with Gasteiger partial charge in [0.05, 0.1) is 18.3 Å². The summed E-state index contributed by atoms with van der Waals surface area (Å²) in [5.41, 5.74) is 2.33. The number of Topliss-reactive ketones (excluding diaryl/α,β-unsaturated/α-hetero) is 1. The average Bonchev–Trinajstić information content (AvgIpc) is 2.52. The maximum atomic E-state index is 13.4. The van der Waals surface area contributed by atoms with Gasteiger partial charge in [0.1, 0.15) is 5.82 Å². The molecule has 0 atom stereocenters. The standard InChI is InChI=1S/C16H16FN3O2/c1-3-15(20-22)11-4-5-12(19-7-11)6-16(21)13-8-18-9-14(17)10(13)2/h4-5,7-9,22H,3,6H2,1-2H3/b20-15+. The van der Waals surface area contributed by atoms with Crippen molar-refractivity contribution < 1.29 is 14.4 Å². The molecule has 0 aliphatic carbocycles. The van der Waals surface area contributed by atoms with Gasteiger partial charge in [0, 0.05) is 29.2 Å². The van der Waals surface area contributed by atoms with Crippen molar-refractivity contribution in [2.75, 3.05) is 0 Å². The number of ketones is 1. The quantitative estimate of drug-likeness (QED) is 0.399. The molecular formula is C16H16FN3O2. The molecule has 0 saturated carbocycles. The number of carbonyl (C=O) groups excluding carboxylic acids is 1. The van der Waals surface area contributed by atoms with E-state index in [0.29, 0.717) is 23.4 Å². The molecule has 2 aromatic heterocycles. The van der Waals surface area contributed by atoms with Crippen LogP contribution in [0.2, 0.25) is 0 Å². The van der Waals surface area contributed by atoms with Gasteiger partial charge in [0.25, 0.3) is 0 Å². The van der Waals surface area contributed by atoms with E-state index in [0.717, 1.165) is 6.20 Å². The van der Waals surface area contributed by atoms with E-state index in [9.17, 15) is 9.18 Å². The Morgan fingerprint density at radius 3 is 2.68 bits per heavy atom. The molecule has 0 aliphatic heterocycles. The van der Waals surface area contributed by atoms with E-state index in [2.05, 4.69) is 15.1 Å². The number of carbonyl (C=O) groups is 1. The third-order valence-electron chi connectivity index (χ3n) is 3.41. The molecular weight excluding hydrogens is 285 g/mol. The summed E-state index contributed by atoms with van der Waals surface area (Å²) in [7, 11) is 0. The topological polar surface area (TPSA) is 75.4 Å². The number of hydrogen-bond donors (Lipinski definition) is 1. The lowest BCUT2D eigenvalue weighted by Gasteiger charge is -2.06. The highest BCUT2D eigenvalue weighted by Gasteiger charge is 2.14. The number of oxime groups is 1. The smallest absolute Gasteiger partial charge is 0.170 e. The Balaban J connectivity index is 2.17. The van der Waals surface area contributed by atoms with Crippen molar-refractivity contribution in [1.82, 2.24) is 9.97 Å². The summed E-state index contributed by atoms with van der Waals surface area (Å²) in [6.07, 6.45) is 4.63. The van der Waals surface area contributed by atoms with Crippen LogP contribution >= 0.6 is 0 Å². The van der Waals surface area contributed by atoms with Crippen LogP contribution in [-0.4, -0.2) is 26.7 Å². The first kappa shape index (κ1) is 15.8. The van der Waals surface area contributed by atoms with E-state index >= 15 is 0 Å². The van der Waals surface area contributed by atoms with Crippen LogP contribution in [0.4, 0.5) is 4.39 Å². The molecule has 2 aromatic rings. The molecule has 0 amide bonds. The minimum atomic E-state index is -0.499. The van der Waals surface area contributed by atoms with Crippen LogP contribution in [0.3, 0.4) is 0 Å². The number of aromatic nitrogens is 2. The van der Waals surface area contributed by atoms with Crippen molar-refractivity contribution in [1.29, 1.82) is 0 Å². The fourth-order valence-electron chi connectivity index (χ4n) is 2.07. The normalized spacial score (nSPS) is 11.5. The lowest BCUT2D eigenvalue weighted by Crippen LogP contribution is -2.09. The Morgan fingerprint density at radius 1 is 1.32 bits per heavy atom. The first-order valence-electron chi connectivity index (χ1n) is 6.86. The van der Waals surface area contributed by atoms with Gasteiger partial charge in [-0.15, -0.1) is 0 Å². The van der Waals surface area contributed by atoms with Crippen LogP contribution in [0.15, 0.2) is 35.9 Å². The second-order valence-corrected chi connectivity index (χ2v) is 4.83. The molecule has 5 nitrogen and oxygen atoms in total. The third-order valence-corrected chi connectivity index (χ3v) is 3.41. The molecule has 0 aliphatic rings. The lowest BCUT2D eigenvalue weighted by atomic mass is 10.0. The van der Waals surface area contributed by atoms with Gasteiger partial charge in [-0.3, -0.25) is 14.8 Å². The SMILES string of the molecule is CC/C(=N\O)c1ccc(CC(=O)c2cncc(F)c2C)nc1. The van der Waals surface area contributed by atoms with Crippen LogP contribution in [0, 0.1) is 12.7 Å². The van der Waals surface area contributed by atoms with Gasteiger partial charge < -0.3 is 5.21 Å². The first-order chi connectivity index (χ1) is 10.6. The van der Waals surface area contributed by atoms with E-state index in [4.69, 9.17) is 5.21 Å². The van der Waals surface area contributed by atoms with Crippen LogP contribution in [0.5, 0.6) is 0 Å². The number of halogens is 1. The molecule has 0 saturated heterocycles. The second kappa shape index (κ2) is 6.89. The molecule has 2 heterocycles. The minimum absolute atomic E-state index is 0.0595. The Bertz CT molecular complexity index is 712. The molecule has 0 fully saturated rings.